The zero-order valence-electron chi connectivity index (χ0n) is 23.2. The Kier molecular flexibility index (Phi) is 11.0. The molecule has 0 aliphatic rings. The van der Waals surface area contributed by atoms with Crippen molar-refractivity contribution in [3.8, 4) is 0 Å². The van der Waals surface area contributed by atoms with Crippen LogP contribution in [0.1, 0.15) is 43.4 Å². The minimum atomic E-state index is -4.21. The van der Waals surface area contributed by atoms with Gasteiger partial charge in [-0.1, -0.05) is 84.1 Å². The van der Waals surface area contributed by atoms with Crippen molar-refractivity contribution >= 4 is 50.7 Å². The summed E-state index contributed by atoms with van der Waals surface area (Å²) < 4.78 is 28.8. The summed E-state index contributed by atoms with van der Waals surface area (Å²) in [6.45, 7) is 7.50. The van der Waals surface area contributed by atoms with Gasteiger partial charge in [-0.15, -0.1) is 0 Å². The SMILES string of the molecule is CCCCNC(=O)[C@H](C)N(Cc1cccc(C)c1)C(=O)CN(c1cc(Cl)cc(Cl)c1)S(=O)(=O)c1ccc(C)cc1. The maximum atomic E-state index is 14.0. The van der Waals surface area contributed by atoms with Crippen LogP contribution in [0.2, 0.25) is 10.0 Å². The molecule has 1 N–H and O–H groups in total. The third kappa shape index (κ3) is 8.22. The van der Waals surface area contributed by atoms with E-state index in [1.807, 2.05) is 45.0 Å². The van der Waals surface area contributed by atoms with Crippen molar-refractivity contribution in [1.29, 1.82) is 0 Å². The zero-order valence-corrected chi connectivity index (χ0v) is 25.5. The molecule has 0 spiro atoms. The number of amides is 2. The molecule has 0 fully saturated rings. The fraction of sp³-hybridized carbons (Fsp3) is 0.333. The summed E-state index contributed by atoms with van der Waals surface area (Å²) in [4.78, 5) is 28.4. The van der Waals surface area contributed by atoms with Gasteiger partial charge in [0.05, 0.1) is 10.6 Å². The molecule has 3 rings (SSSR count). The van der Waals surface area contributed by atoms with E-state index in [2.05, 4.69) is 5.32 Å². The normalized spacial score (nSPS) is 12.1. The van der Waals surface area contributed by atoms with Gasteiger partial charge in [0.15, 0.2) is 0 Å². The van der Waals surface area contributed by atoms with Crippen molar-refractivity contribution in [1.82, 2.24) is 10.2 Å². The number of halogens is 2. The number of carbonyl (C=O) groups is 2. The Balaban J connectivity index is 2.03. The van der Waals surface area contributed by atoms with Crippen LogP contribution in [0.15, 0.2) is 71.6 Å². The Morgan fingerprint density at radius 1 is 0.925 bits per heavy atom. The minimum Gasteiger partial charge on any atom is -0.354 e. The van der Waals surface area contributed by atoms with Crippen molar-refractivity contribution < 1.29 is 18.0 Å². The summed E-state index contributed by atoms with van der Waals surface area (Å²) in [5.74, 6) is -0.861. The quantitative estimate of drug-likeness (QED) is 0.252. The second-order valence-corrected chi connectivity index (χ2v) is 12.5. The molecule has 40 heavy (non-hydrogen) atoms. The highest BCUT2D eigenvalue weighted by Gasteiger charge is 2.32. The number of benzene rings is 3. The van der Waals surface area contributed by atoms with Gasteiger partial charge in [-0.25, -0.2) is 8.42 Å². The van der Waals surface area contributed by atoms with Crippen molar-refractivity contribution in [2.45, 2.75) is 58.0 Å². The highest BCUT2D eigenvalue weighted by molar-refractivity contribution is 7.92. The lowest BCUT2D eigenvalue weighted by Crippen LogP contribution is -2.51. The molecule has 0 unspecified atom stereocenters. The van der Waals surface area contributed by atoms with Crippen molar-refractivity contribution in [2.24, 2.45) is 0 Å². The molecule has 3 aromatic rings. The fourth-order valence-corrected chi connectivity index (χ4v) is 6.09. The number of rotatable bonds is 12. The summed E-state index contributed by atoms with van der Waals surface area (Å²) >= 11 is 12.5. The van der Waals surface area contributed by atoms with E-state index in [1.165, 1.54) is 35.2 Å². The van der Waals surface area contributed by atoms with Crippen LogP contribution in [0.5, 0.6) is 0 Å². The van der Waals surface area contributed by atoms with Gasteiger partial charge < -0.3 is 10.2 Å². The molecule has 3 aromatic carbocycles. The predicted molar refractivity (Wildman–Crippen MR) is 161 cm³/mol. The third-order valence-electron chi connectivity index (χ3n) is 6.46. The average Bonchev–Trinajstić information content (AvgIpc) is 2.89. The zero-order chi connectivity index (χ0) is 29.4. The van der Waals surface area contributed by atoms with Crippen molar-refractivity contribution in [3.63, 3.8) is 0 Å². The molecule has 0 aromatic heterocycles. The van der Waals surface area contributed by atoms with Gasteiger partial charge in [-0.3, -0.25) is 13.9 Å². The average molecular weight is 605 g/mol. The first-order valence-corrected chi connectivity index (χ1v) is 15.3. The lowest BCUT2D eigenvalue weighted by Gasteiger charge is -2.32. The summed E-state index contributed by atoms with van der Waals surface area (Å²) in [6.07, 6.45) is 1.72. The van der Waals surface area contributed by atoms with Crippen molar-refractivity contribution in [2.75, 3.05) is 17.4 Å². The molecule has 0 aliphatic carbocycles. The summed E-state index contributed by atoms with van der Waals surface area (Å²) in [5, 5.41) is 3.32. The standard InChI is InChI=1S/C30H35Cl2N3O4S/c1-5-6-14-33-30(37)23(4)34(19-24-9-7-8-22(3)15-24)29(36)20-35(27-17-25(31)16-26(32)18-27)40(38,39)28-12-10-21(2)11-13-28/h7-13,15-18,23H,5-6,14,19-20H2,1-4H3,(H,33,37)/t23-/m0/s1. The molecule has 1 atom stereocenters. The Morgan fingerprint density at radius 3 is 2.17 bits per heavy atom. The smallest absolute Gasteiger partial charge is 0.264 e. The largest absolute Gasteiger partial charge is 0.354 e. The van der Waals surface area contributed by atoms with Crippen LogP contribution < -0.4 is 9.62 Å². The minimum absolute atomic E-state index is 0.0117. The van der Waals surface area contributed by atoms with Crippen LogP contribution in [0.3, 0.4) is 0 Å². The first-order valence-electron chi connectivity index (χ1n) is 13.1. The second-order valence-electron chi connectivity index (χ2n) is 9.78. The Labute approximate surface area is 247 Å². The van der Waals surface area contributed by atoms with Gasteiger partial charge in [-0.05, 0) is 63.1 Å². The van der Waals surface area contributed by atoms with Crippen LogP contribution in [-0.2, 0) is 26.2 Å². The summed E-state index contributed by atoms with van der Waals surface area (Å²) in [6, 6.07) is 17.5. The third-order valence-corrected chi connectivity index (χ3v) is 8.68. The molecular weight excluding hydrogens is 569 g/mol. The molecule has 214 valence electrons. The first kappa shape index (κ1) is 31.5. The fourth-order valence-electron chi connectivity index (χ4n) is 4.18. The highest BCUT2D eigenvalue weighted by Crippen LogP contribution is 2.30. The van der Waals surface area contributed by atoms with Gasteiger partial charge in [-0.2, -0.15) is 0 Å². The van der Waals surface area contributed by atoms with Crippen molar-refractivity contribution in [3.05, 3.63) is 93.5 Å². The number of sulfonamides is 1. The van der Waals surface area contributed by atoms with E-state index in [9.17, 15) is 18.0 Å². The number of carbonyl (C=O) groups excluding carboxylic acids is 2. The van der Waals surface area contributed by atoms with Crippen LogP contribution in [-0.4, -0.2) is 44.3 Å². The van der Waals surface area contributed by atoms with Crippen LogP contribution in [0.4, 0.5) is 5.69 Å². The number of unbranched alkanes of at least 4 members (excludes halogenated alkanes) is 1. The number of anilines is 1. The molecule has 0 radical (unpaired) electrons. The summed E-state index contributed by atoms with van der Waals surface area (Å²) in [5.41, 5.74) is 2.85. The molecule has 0 aliphatic heterocycles. The van der Waals surface area contributed by atoms with E-state index in [0.29, 0.717) is 6.54 Å². The number of hydrogen-bond donors (Lipinski definition) is 1. The van der Waals surface area contributed by atoms with Gasteiger partial charge in [0.25, 0.3) is 10.0 Å². The monoisotopic (exact) mass is 603 g/mol. The summed E-state index contributed by atoms with van der Waals surface area (Å²) in [7, 11) is -4.21. The molecule has 7 nitrogen and oxygen atoms in total. The molecule has 2 amide bonds. The number of aryl methyl sites for hydroxylation is 2. The van der Waals surface area contributed by atoms with E-state index in [1.54, 1.807) is 19.1 Å². The molecule has 0 saturated carbocycles. The maximum absolute atomic E-state index is 14.0. The molecule has 0 saturated heterocycles. The maximum Gasteiger partial charge on any atom is 0.264 e. The van der Waals surface area contributed by atoms with Crippen LogP contribution >= 0.6 is 23.2 Å². The molecular formula is C30H35Cl2N3O4S. The predicted octanol–water partition coefficient (Wildman–Crippen LogP) is 6.14. The topological polar surface area (TPSA) is 86.8 Å². The van der Waals surface area contributed by atoms with Gasteiger partial charge in [0.1, 0.15) is 12.6 Å². The van der Waals surface area contributed by atoms with Gasteiger partial charge >= 0.3 is 0 Å². The number of nitrogens with one attached hydrogen (secondary N) is 1. The first-order chi connectivity index (χ1) is 18.9. The van der Waals surface area contributed by atoms with E-state index >= 15 is 0 Å². The Morgan fingerprint density at radius 2 is 1.57 bits per heavy atom. The van der Waals surface area contributed by atoms with E-state index in [-0.39, 0.29) is 33.1 Å². The number of nitrogens with zero attached hydrogens (tertiary/aromatic N) is 2. The van der Waals surface area contributed by atoms with Crippen LogP contribution in [0.25, 0.3) is 0 Å². The second kappa shape index (κ2) is 14.0. The Hall–Kier alpha value is -3.07. The van der Waals surface area contributed by atoms with E-state index in [0.717, 1.165) is 33.8 Å². The van der Waals surface area contributed by atoms with Gasteiger partial charge in [0.2, 0.25) is 11.8 Å². The Bertz CT molecular complexity index is 1430. The lowest BCUT2D eigenvalue weighted by molar-refractivity contribution is -0.139. The van der Waals surface area contributed by atoms with E-state index < -0.39 is 28.5 Å². The van der Waals surface area contributed by atoms with E-state index in [4.69, 9.17) is 23.2 Å². The highest BCUT2D eigenvalue weighted by atomic mass is 35.5. The lowest BCUT2D eigenvalue weighted by atomic mass is 10.1. The van der Waals surface area contributed by atoms with Crippen LogP contribution in [0, 0.1) is 13.8 Å². The molecule has 0 heterocycles. The molecule has 10 heteroatoms. The van der Waals surface area contributed by atoms with Gasteiger partial charge in [0, 0.05) is 23.1 Å². The number of hydrogen-bond acceptors (Lipinski definition) is 4. The molecule has 0 bridgehead atoms.